The van der Waals surface area contributed by atoms with E-state index in [1.54, 1.807) is 39.8 Å². The number of amides is 2. The average molecular weight is 842 g/mol. The number of alkyl halides is 2. The van der Waals surface area contributed by atoms with Crippen molar-refractivity contribution in [3.8, 4) is 11.5 Å². The number of hydrogen-bond donors (Lipinski definition) is 1. The number of carbonyl (C=O) groups is 4. The summed E-state index contributed by atoms with van der Waals surface area (Å²) in [5.41, 5.74) is -3.69. The van der Waals surface area contributed by atoms with Crippen LogP contribution in [0.5, 0.6) is 11.5 Å². The van der Waals surface area contributed by atoms with E-state index >= 15 is 8.78 Å². The Bertz CT molecular complexity index is 2200. The topological polar surface area (TPSA) is 158 Å². The Hall–Kier alpha value is -4.14. The van der Waals surface area contributed by atoms with Crippen LogP contribution in [-0.4, -0.2) is 77.5 Å². The zero-order chi connectivity index (χ0) is 42.9. The van der Waals surface area contributed by atoms with Crippen molar-refractivity contribution in [2.45, 2.75) is 152 Å². The van der Waals surface area contributed by atoms with Gasteiger partial charge < -0.3 is 19.1 Å². The lowest BCUT2D eigenvalue weighted by atomic mass is 9.82. The molecule has 322 valence electrons. The van der Waals surface area contributed by atoms with E-state index < -0.39 is 91.6 Å². The number of methoxy groups -OCH3 is 1. The number of fused-ring (bicyclic) bond motifs is 5. The van der Waals surface area contributed by atoms with Crippen molar-refractivity contribution in [3.05, 3.63) is 41.6 Å². The molecule has 15 heteroatoms. The second kappa shape index (κ2) is 15.1. The van der Waals surface area contributed by atoms with Gasteiger partial charge in [0.2, 0.25) is 21.8 Å². The molecule has 0 radical (unpaired) electrons. The number of benzene rings is 1. The highest BCUT2D eigenvalue weighted by Crippen LogP contribution is 2.59. The lowest BCUT2D eigenvalue weighted by Crippen LogP contribution is -2.49. The van der Waals surface area contributed by atoms with Crippen molar-refractivity contribution in [1.82, 2.24) is 14.6 Å². The van der Waals surface area contributed by atoms with E-state index in [1.165, 1.54) is 18.1 Å². The molecule has 2 aromatic rings. The van der Waals surface area contributed by atoms with Gasteiger partial charge in [-0.05, 0) is 96.3 Å². The van der Waals surface area contributed by atoms with Crippen LogP contribution in [0.15, 0.2) is 30.4 Å². The summed E-state index contributed by atoms with van der Waals surface area (Å²) in [7, 11) is -2.60. The van der Waals surface area contributed by atoms with Crippen molar-refractivity contribution >= 4 is 44.5 Å². The van der Waals surface area contributed by atoms with Crippen molar-refractivity contribution in [2.75, 3.05) is 13.7 Å². The Morgan fingerprint density at radius 2 is 1.83 bits per heavy atom. The van der Waals surface area contributed by atoms with Crippen molar-refractivity contribution in [2.24, 2.45) is 17.3 Å². The van der Waals surface area contributed by atoms with E-state index in [0.29, 0.717) is 49.1 Å². The number of carbonyl (C=O) groups excluding carboxylic acids is 4. The van der Waals surface area contributed by atoms with Crippen molar-refractivity contribution in [1.29, 1.82) is 0 Å². The third-order valence-corrected chi connectivity index (χ3v) is 15.0. The summed E-state index contributed by atoms with van der Waals surface area (Å²) < 4.78 is 79.7. The van der Waals surface area contributed by atoms with Gasteiger partial charge in [-0.25, -0.2) is 22.2 Å². The second-order valence-electron chi connectivity index (χ2n) is 19.1. The molecule has 5 aliphatic rings. The highest BCUT2D eigenvalue weighted by atomic mass is 32.2. The Balaban J connectivity index is 1.30. The monoisotopic (exact) mass is 841 g/mol. The molecule has 4 heterocycles. The molecule has 5 atom stereocenters. The van der Waals surface area contributed by atoms with Crippen LogP contribution in [0.1, 0.15) is 136 Å². The van der Waals surface area contributed by atoms with E-state index in [9.17, 15) is 27.6 Å². The van der Waals surface area contributed by atoms with Gasteiger partial charge in [0.15, 0.2) is 11.5 Å². The van der Waals surface area contributed by atoms with Gasteiger partial charge in [-0.15, -0.1) is 0 Å². The number of esters is 1. The van der Waals surface area contributed by atoms with Gasteiger partial charge in [0.05, 0.1) is 59.5 Å². The molecule has 1 aromatic carbocycles. The molecule has 2 amide bonds. The van der Waals surface area contributed by atoms with Crippen LogP contribution in [-0.2, 0) is 39.9 Å². The fourth-order valence-electron chi connectivity index (χ4n) is 9.22. The van der Waals surface area contributed by atoms with Crippen LogP contribution in [0.25, 0.3) is 10.9 Å². The first-order valence-corrected chi connectivity index (χ1v) is 22.4. The van der Waals surface area contributed by atoms with Gasteiger partial charge >= 0.3 is 5.97 Å². The fourth-order valence-corrected chi connectivity index (χ4v) is 10.5. The first-order chi connectivity index (χ1) is 27.5. The molecular formula is C44H57F2N3O9S. The number of ether oxygens (including phenoxy) is 3. The number of aromatic nitrogens is 1. The summed E-state index contributed by atoms with van der Waals surface area (Å²) in [5, 5.41) is 0.164. The largest absolute Gasteiger partial charge is 0.497 e. The van der Waals surface area contributed by atoms with Crippen LogP contribution < -0.4 is 14.2 Å². The Morgan fingerprint density at radius 1 is 1.10 bits per heavy atom. The maximum atomic E-state index is 17.1. The summed E-state index contributed by atoms with van der Waals surface area (Å²) in [4.78, 5) is 63.1. The van der Waals surface area contributed by atoms with Gasteiger partial charge in [0.25, 0.3) is 5.92 Å². The van der Waals surface area contributed by atoms with E-state index in [2.05, 4.69) is 4.72 Å². The lowest BCUT2D eigenvalue weighted by Gasteiger charge is -2.41. The highest BCUT2D eigenvalue weighted by molar-refractivity contribution is 7.91. The molecule has 2 saturated carbocycles. The average Bonchev–Trinajstić information content (AvgIpc) is 4.03. The standard InChI is InChI=1S/C44H57F2N3O9S/c1-26(2)36-37-35(30-20-29(56-7)15-16-31(30)47-36)44(45,46)24-42(58-37)22-32-33(50)23-43(39(53)48-59(54,55)41(6)17-18-41)21-28(43)14-12-10-8-9-11-13-27(38(52)49(32)25-42)19-34(51)57-40(3,4)5/h12,14-16,20,26-28,32H,8-11,13,17-19,21-25H2,1-7H3,(H,48,53)/b14-12-/t27-,28-,32+,42+,43-/m1/s1. The molecule has 3 fully saturated rings. The van der Waals surface area contributed by atoms with E-state index in [4.69, 9.17) is 19.2 Å². The molecule has 1 aromatic heterocycles. The quantitative estimate of drug-likeness (QED) is 0.220. The predicted octanol–water partition coefficient (Wildman–Crippen LogP) is 7.41. The number of pyridine rings is 1. The van der Waals surface area contributed by atoms with E-state index in [0.717, 1.165) is 12.8 Å². The lowest BCUT2D eigenvalue weighted by molar-refractivity contribution is -0.159. The zero-order valence-electron chi connectivity index (χ0n) is 35.1. The van der Waals surface area contributed by atoms with Crippen LogP contribution in [0, 0.1) is 17.3 Å². The normalized spacial score (nSPS) is 29.7. The second-order valence-corrected chi connectivity index (χ2v) is 21.3. The number of nitrogens with zero attached hydrogens (tertiary/aromatic N) is 2. The number of nitrogens with one attached hydrogen (secondary N) is 1. The molecule has 1 saturated heterocycles. The van der Waals surface area contributed by atoms with Crippen LogP contribution in [0.2, 0.25) is 0 Å². The molecule has 12 nitrogen and oxygen atoms in total. The molecule has 0 bridgehead atoms. The van der Waals surface area contributed by atoms with Gasteiger partial charge in [-0.2, -0.15) is 0 Å². The molecule has 3 aliphatic heterocycles. The molecule has 1 spiro atoms. The van der Waals surface area contributed by atoms with Crippen LogP contribution >= 0.6 is 0 Å². The zero-order valence-corrected chi connectivity index (χ0v) is 35.9. The minimum Gasteiger partial charge on any atom is -0.497 e. The smallest absolute Gasteiger partial charge is 0.307 e. The van der Waals surface area contributed by atoms with E-state index in [-0.39, 0.29) is 48.4 Å². The first-order valence-electron chi connectivity index (χ1n) is 20.9. The Morgan fingerprint density at radius 3 is 2.49 bits per heavy atom. The molecule has 1 N–H and O–H groups in total. The van der Waals surface area contributed by atoms with Gasteiger partial charge in [-0.1, -0.05) is 38.8 Å². The van der Waals surface area contributed by atoms with Gasteiger partial charge in [0.1, 0.15) is 17.0 Å². The Kier molecular flexibility index (Phi) is 11.0. The predicted molar refractivity (Wildman–Crippen MR) is 215 cm³/mol. The maximum Gasteiger partial charge on any atom is 0.307 e. The van der Waals surface area contributed by atoms with Crippen molar-refractivity contribution < 1.29 is 50.6 Å². The third kappa shape index (κ3) is 8.33. The number of Topliss-reactive ketones (excluding diaryl/α,β-unsaturated/α-hetero) is 1. The fraction of sp³-hybridized carbons (Fsp3) is 0.659. The Labute approximate surface area is 345 Å². The summed E-state index contributed by atoms with van der Waals surface area (Å²) in [6, 6.07) is 3.46. The number of rotatable bonds is 7. The third-order valence-electron chi connectivity index (χ3n) is 12.9. The van der Waals surface area contributed by atoms with E-state index in [1.807, 2.05) is 26.0 Å². The van der Waals surface area contributed by atoms with Crippen LogP contribution in [0.3, 0.4) is 0 Å². The summed E-state index contributed by atoms with van der Waals surface area (Å²) in [6.07, 6.45) is 5.98. The number of allylic oxidation sites excluding steroid dienone is 2. The molecule has 2 aliphatic carbocycles. The highest BCUT2D eigenvalue weighted by Gasteiger charge is 2.65. The minimum absolute atomic E-state index is 0.105. The molecular weight excluding hydrogens is 785 g/mol. The summed E-state index contributed by atoms with van der Waals surface area (Å²) in [5.74, 6) is -7.46. The number of ketones is 1. The summed E-state index contributed by atoms with van der Waals surface area (Å²) in [6.45, 7) is 10.00. The summed E-state index contributed by atoms with van der Waals surface area (Å²) >= 11 is 0. The molecule has 7 rings (SSSR count). The molecule has 59 heavy (non-hydrogen) atoms. The number of sulfonamides is 1. The first kappa shape index (κ1) is 43.0. The van der Waals surface area contributed by atoms with Crippen molar-refractivity contribution in [3.63, 3.8) is 0 Å². The SMILES string of the molecule is COc1ccc2nc(C(C)C)c3c(c2c1)C(F)(F)C[C@]1(C[C@H]2C(=O)C[C@]4(C(=O)NS(=O)(=O)C5(C)CC5)C[C@H]4/C=C\CCCCC[C@H](CC(=O)OC(C)(C)C)C(=O)N2C1)O3. The van der Waals surface area contributed by atoms with Gasteiger partial charge in [0, 0.05) is 24.1 Å². The van der Waals surface area contributed by atoms with Gasteiger partial charge in [-0.3, -0.25) is 23.9 Å². The number of hydrogen-bond acceptors (Lipinski definition) is 10. The molecule has 0 unspecified atom stereocenters. The maximum absolute atomic E-state index is 17.1. The minimum atomic E-state index is -4.04. The van der Waals surface area contributed by atoms with Crippen LogP contribution in [0.4, 0.5) is 8.78 Å². The number of halogens is 2.